The van der Waals surface area contributed by atoms with Gasteiger partial charge in [0.15, 0.2) is 0 Å². The largest absolute Gasteiger partial charge is 0.450 e. The van der Waals surface area contributed by atoms with Crippen LogP contribution in [0, 0.1) is 0 Å². The molecule has 4 nitrogen and oxygen atoms in total. The second kappa shape index (κ2) is 22.6. The number of aliphatic hydroxyl groups excluding tert-OH is 1. The highest BCUT2D eigenvalue weighted by Crippen LogP contribution is 1.66. The Morgan fingerprint density at radius 3 is 1.82 bits per heavy atom. The zero-order valence-electron chi connectivity index (χ0n) is 7.76. The molecule has 3 N–H and O–H groups in total. The molecule has 0 unspecified atom stereocenters. The van der Waals surface area contributed by atoms with Gasteiger partial charge in [0.1, 0.15) is 0 Å². The fraction of sp³-hybridized carbons (Fsp3) is 0.800. The summed E-state index contributed by atoms with van der Waals surface area (Å²) >= 11 is 0. The summed E-state index contributed by atoms with van der Waals surface area (Å²) in [6.45, 7) is 3.99. The van der Waals surface area contributed by atoms with Gasteiger partial charge >= 0.3 is 6.09 Å². The van der Waals surface area contributed by atoms with Crippen LogP contribution in [0.15, 0.2) is 0 Å². The summed E-state index contributed by atoms with van der Waals surface area (Å²) in [5, 5.41) is 7.57. The first-order valence-electron chi connectivity index (χ1n) is 3.72. The zero-order chi connectivity index (χ0) is 9.70. The van der Waals surface area contributed by atoms with Gasteiger partial charge in [0.2, 0.25) is 0 Å². The van der Waals surface area contributed by atoms with Gasteiger partial charge in [-0.3, -0.25) is 0 Å². The molecule has 0 aromatic heterocycles. The van der Waals surface area contributed by atoms with Crippen LogP contribution in [0.4, 0.5) is 4.79 Å². The summed E-state index contributed by atoms with van der Waals surface area (Å²) in [5.74, 6) is 0. The Morgan fingerprint density at radius 1 is 1.55 bits per heavy atom. The quantitative estimate of drug-likeness (QED) is 0.466. The molecule has 0 aromatic rings. The van der Waals surface area contributed by atoms with Crippen molar-refractivity contribution < 1.29 is 14.6 Å². The Labute approximate surface area is 73.8 Å². The molecule has 0 aliphatic rings. The van der Waals surface area contributed by atoms with Crippen molar-refractivity contribution in [2.24, 2.45) is 5.73 Å². The Kier molecular flexibility index (Phi) is 34.9. The van der Waals surface area contributed by atoms with Crippen LogP contribution in [-0.2, 0) is 4.74 Å². The highest BCUT2D eigenvalue weighted by Gasteiger charge is 1.82. The van der Waals surface area contributed by atoms with E-state index in [1.165, 1.54) is 19.5 Å². The second-order valence-corrected chi connectivity index (χ2v) is 1.07. The number of rotatable bonds is 1. The third-order valence-electron chi connectivity index (χ3n) is 0.287. The summed E-state index contributed by atoms with van der Waals surface area (Å²) in [4.78, 5) is 9.60. The number of hydrogen-bond acceptors (Lipinski definition) is 3. The fourth-order valence-electron chi connectivity index (χ4n) is 0.142. The van der Waals surface area contributed by atoms with Crippen molar-refractivity contribution >= 4 is 25.6 Å². The molecule has 70 valence electrons. The standard InChI is InChI=1S/C3H7NO2.C2H6O.H6Si2/c1-2-6-3(4)5;1-2-3;1-2/h2H2,1H3,(H2,4,5);3H,2H2,1H3;1-2H3. The number of carbonyl (C=O) groups excluding carboxylic acids is 1. The topological polar surface area (TPSA) is 72.6 Å². The zero-order valence-corrected chi connectivity index (χ0v) is 11.8. The summed E-state index contributed by atoms with van der Waals surface area (Å²) in [5.41, 5.74) is 4.54. The molecule has 0 saturated heterocycles. The Balaban J connectivity index is -0.000000109. The van der Waals surface area contributed by atoms with Gasteiger partial charge < -0.3 is 15.6 Å². The number of ether oxygens (including phenoxy) is 1. The smallest absolute Gasteiger partial charge is 0.404 e. The van der Waals surface area contributed by atoms with Gasteiger partial charge in [0, 0.05) is 6.61 Å². The summed E-state index contributed by atoms with van der Waals surface area (Å²) in [6, 6.07) is 0. The Morgan fingerprint density at radius 2 is 1.82 bits per heavy atom. The maximum Gasteiger partial charge on any atom is 0.404 e. The van der Waals surface area contributed by atoms with Crippen molar-refractivity contribution in [3.63, 3.8) is 0 Å². The summed E-state index contributed by atoms with van der Waals surface area (Å²) in [6.07, 6.45) is -0.711. The molecule has 0 saturated carbocycles. The lowest BCUT2D eigenvalue weighted by atomic mass is 10.9. The van der Waals surface area contributed by atoms with E-state index in [0.717, 1.165) is 0 Å². The van der Waals surface area contributed by atoms with Crippen molar-refractivity contribution in [1.29, 1.82) is 0 Å². The van der Waals surface area contributed by atoms with Crippen LogP contribution in [-0.4, -0.2) is 43.9 Å². The molecular formula is C5H19NO3Si2. The van der Waals surface area contributed by atoms with E-state index in [4.69, 9.17) is 5.11 Å². The van der Waals surface area contributed by atoms with E-state index >= 15 is 0 Å². The van der Waals surface area contributed by atoms with Gasteiger partial charge in [-0.1, -0.05) is 0 Å². The van der Waals surface area contributed by atoms with E-state index in [1.54, 1.807) is 13.8 Å². The number of aliphatic hydroxyl groups is 1. The molecule has 0 aliphatic carbocycles. The van der Waals surface area contributed by atoms with Crippen LogP contribution in [0.2, 0.25) is 0 Å². The predicted octanol–water partition coefficient (Wildman–Crippen LogP) is -2.27. The number of nitrogens with two attached hydrogens (primary N) is 1. The minimum atomic E-state index is -0.711. The lowest BCUT2D eigenvalue weighted by Crippen LogP contribution is -2.11. The molecule has 0 atom stereocenters. The highest BCUT2D eigenvalue weighted by molar-refractivity contribution is 6.75. The highest BCUT2D eigenvalue weighted by atomic mass is 29.1. The molecule has 0 aliphatic heterocycles. The van der Waals surface area contributed by atoms with Crippen LogP contribution in [0.1, 0.15) is 13.8 Å². The molecule has 11 heavy (non-hydrogen) atoms. The van der Waals surface area contributed by atoms with Gasteiger partial charge in [-0.25, -0.2) is 4.79 Å². The Bertz CT molecular complexity index is 72.7. The number of primary amides is 1. The summed E-state index contributed by atoms with van der Waals surface area (Å²) in [7, 11) is 2.89. The maximum atomic E-state index is 9.60. The van der Waals surface area contributed by atoms with Crippen LogP contribution >= 0.6 is 0 Å². The molecule has 1 amide bonds. The van der Waals surface area contributed by atoms with E-state index in [-0.39, 0.29) is 6.61 Å². The van der Waals surface area contributed by atoms with Gasteiger partial charge in [0.05, 0.1) is 6.61 Å². The normalized spacial score (nSPS) is 6.82. The minimum Gasteiger partial charge on any atom is -0.450 e. The average Bonchev–Trinajstić information content (AvgIpc) is 1.93. The molecule has 0 spiro atoms. The molecule has 0 radical (unpaired) electrons. The first kappa shape index (κ1) is 17.0. The molecule has 0 rings (SSSR count). The number of carbonyl (C=O) groups is 1. The lowest BCUT2D eigenvalue weighted by molar-refractivity contribution is 0.163. The van der Waals surface area contributed by atoms with E-state index in [2.05, 4.69) is 10.5 Å². The van der Waals surface area contributed by atoms with Crippen LogP contribution < -0.4 is 5.73 Å². The van der Waals surface area contributed by atoms with Gasteiger partial charge in [0.25, 0.3) is 0 Å². The third kappa shape index (κ3) is 80.0. The molecule has 0 bridgehead atoms. The monoisotopic (exact) mass is 197 g/mol. The molecular weight excluding hydrogens is 178 g/mol. The number of hydrogen-bond donors (Lipinski definition) is 2. The van der Waals surface area contributed by atoms with Crippen molar-refractivity contribution in [1.82, 2.24) is 0 Å². The van der Waals surface area contributed by atoms with E-state index in [1.807, 2.05) is 0 Å². The predicted molar refractivity (Wildman–Crippen MR) is 53.8 cm³/mol. The number of amides is 1. The van der Waals surface area contributed by atoms with Gasteiger partial charge in [-0.15, -0.1) is 0 Å². The van der Waals surface area contributed by atoms with Crippen molar-refractivity contribution in [3.05, 3.63) is 0 Å². The maximum absolute atomic E-state index is 9.60. The third-order valence-corrected chi connectivity index (χ3v) is 0.287. The first-order chi connectivity index (χ1) is 5.18. The van der Waals surface area contributed by atoms with Gasteiger partial charge in [-0.05, 0) is 33.4 Å². The van der Waals surface area contributed by atoms with E-state index in [0.29, 0.717) is 6.61 Å². The molecule has 0 heterocycles. The lowest BCUT2D eigenvalue weighted by Gasteiger charge is -1.89. The SMILES string of the molecule is CCO.CCOC(N)=O.[SiH3][SiH3]. The van der Waals surface area contributed by atoms with Crippen molar-refractivity contribution in [3.8, 4) is 0 Å². The van der Waals surface area contributed by atoms with Crippen LogP contribution in [0.3, 0.4) is 0 Å². The van der Waals surface area contributed by atoms with E-state index in [9.17, 15) is 4.79 Å². The molecule has 0 aromatic carbocycles. The second-order valence-electron chi connectivity index (χ2n) is 1.07. The molecule has 6 heteroatoms. The summed E-state index contributed by atoms with van der Waals surface area (Å²) < 4.78 is 4.18. The van der Waals surface area contributed by atoms with Crippen LogP contribution in [0.5, 0.6) is 0 Å². The van der Waals surface area contributed by atoms with Gasteiger partial charge in [-0.2, -0.15) is 0 Å². The average molecular weight is 197 g/mol. The minimum absolute atomic E-state index is 0.250. The van der Waals surface area contributed by atoms with Crippen LogP contribution in [0.25, 0.3) is 0 Å². The molecule has 0 fully saturated rings. The van der Waals surface area contributed by atoms with Crippen molar-refractivity contribution in [2.45, 2.75) is 13.8 Å². The van der Waals surface area contributed by atoms with E-state index < -0.39 is 6.09 Å². The first-order valence-corrected chi connectivity index (χ1v) is 11.7. The Hall–Kier alpha value is -0.336. The van der Waals surface area contributed by atoms with Crippen molar-refractivity contribution in [2.75, 3.05) is 13.2 Å². The fourth-order valence-corrected chi connectivity index (χ4v) is 0.142.